The molecule has 3 aromatic rings. The van der Waals surface area contributed by atoms with Gasteiger partial charge in [0.05, 0.1) is 29.9 Å². The second kappa shape index (κ2) is 9.16. The van der Waals surface area contributed by atoms with Gasteiger partial charge in [0.1, 0.15) is 40.6 Å². The Balaban J connectivity index is 1.72. The number of carbonyl (C=O) groups is 2. The molecule has 42 heavy (non-hydrogen) atoms. The standard InChI is InChI=1S/C29H29NO12/c1-4-7-29(40)27(38)15-16(28(39)30(29)2)21(35)13-9(19(15)33)5-6-10-14(13)22(36)18-23(37)17-20(34)11(31)8-12(32)25(17)42-26(18)24(10)41-3/h11-12,20,31-36,40H,4-8H2,1-3H3/t11-,12-,20-,29+/m1/s1. The van der Waals surface area contributed by atoms with E-state index in [9.17, 15) is 50.1 Å². The molecule has 13 heteroatoms. The number of ether oxygens (including phenoxy) is 1. The summed E-state index contributed by atoms with van der Waals surface area (Å²) in [6, 6.07) is 0. The van der Waals surface area contributed by atoms with Crippen LogP contribution < -0.4 is 10.2 Å². The number of benzene rings is 2. The number of carbonyl (C=O) groups excluding carboxylic acids is 2. The van der Waals surface area contributed by atoms with Gasteiger partial charge in [0.15, 0.2) is 11.3 Å². The van der Waals surface area contributed by atoms with Crippen molar-refractivity contribution in [3.05, 3.63) is 43.8 Å². The Hall–Kier alpha value is -4.17. The van der Waals surface area contributed by atoms with E-state index < -0.39 is 80.5 Å². The van der Waals surface area contributed by atoms with Gasteiger partial charge in [-0.1, -0.05) is 13.3 Å². The first kappa shape index (κ1) is 28.0. The second-order valence-corrected chi connectivity index (χ2v) is 11.0. The summed E-state index contributed by atoms with van der Waals surface area (Å²) < 4.78 is 11.4. The molecule has 2 aromatic carbocycles. The van der Waals surface area contributed by atoms with Crippen LogP contribution >= 0.6 is 0 Å². The third-order valence-corrected chi connectivity index (χ3v) is 8.75. The van der Waals surface area contributed by atoms with Gasteiger partial charge in [-0.2, -0.15) is 0 Å². The van der Waals surface area contributed by atoms with Crippen LogP contribution in [0.2, 0.25) is 0 Å². The smallest absolute Gasteiger partial charge is 0.260 e. The average Bonchev–Trinajstić information content (AvgIpc) is 2.95. The Bertz CT molecular complexity index is 1790. The highest BCUT2D eigenvalue weighted by molar-refractivity contribution is 6.21. The number of fused-ring (bicyclic) bond motifs is 6. The summed E-state index contributed by atoms with van der Waals surface area (Å²) in [5.41, 5.74) is -5.22. The van der Waals surface area contributed by atoms with E-state index in [-0.39, 0.29) is 65.0 Å². The molecule has 1 aromatic heterocycles. The van der Waals surface area contributed by atoms with Crippen LogP contribution in [0.15, 0.2) is 9.21 Å². The molecule has 0 unspecified atom stereocenters. The van der Waals surface area contributed by atoms with Gasteiger partial charge in [-0.15, -0.1) is 0 Å². The Kier molecular flexibility index (Phi) is 6.10. The Labute approximate surface area is 237 Å². The molecule has 3 aliphatic rings. The fraction of sp³-hybridized carbons (Fsp3) is 0.414. The number of hydrogen-bond donors (Lipinski definition) is 7. The second-order valence-electron chi connectivity index (χ2n) is 11.0. The van der Waals surface area contributed by atoms with E-state index in [4.69, 9.17) is 9.15 Å². The summed E-state index contributed by atoms with van der Waals surface area (Å²) >= 11 is 0. The minimum atomic E-state index is -2.25. The SMILES string of the molecule is CCC[C@]1(O)C(=O)c2c(O)c3c(c(O)c2C(=O)N1C)-c1c(c(OC)c2oc4c(c(=O)c2c1O)[C@H](O)[C@H](O)C[C@H]4O)CC3. The predicted molar refractivity (Wildman–Crippen MR) is 144 cm³/mol. The fourth-order valence-electron chi connectivity index (χ4n) is 6.65. The van der Waals surface area contributed by atoms with E-state index in [0.29, 0.717) is 6.42 Å². The fourth-order valence-corrected chi connectivity index (χ4v) is 6.65. The van der Waals surface area contributed by atoms with Gasteiger partial charge in [-0.25, -0.2) is 0 Å². The van der Waals surface area contributed by atoms with Crippen molar-refractivity contribution in [3.8, 4) is 34.1 Å². The van der Waals surface area contributed by atoms with Gasteiger partial charge < -0.3 is 49.8 Å². The zero-order valence-corrected chi connectivity index (χ0v) is 22.9. The van der Waals surface area contributed by atoms with E-state index in [0.717, 1.165) is 4.90 Å². The molecule has 0 saturated heterocycles. The number of phenolic OH excluding ortho intramolecular Hbond substituents is 3. The number of ketones is 1. The Morgan fingerprint density at radius 1 is 0.952 bits per heavy atom. The zero-order chi connectivity index (χ0) is 30.6. The number of phenols is 3. The maximum atomic E-state index is 13.7. The summed E-state index contributed by atoms with van der Waals surface area (Å²) in [4.78, 5) is 41.5. The number of nitrogens with zero attached hydrogens (tertiary/aromatic N) is 1. The summed E-state index contributed by atoms with van der Waals surface area (Å²) in [7, 11) is 2.46. The van der Waals surface area contributed by atoms with Gasteiger partial charge >= 0.3 is 0 Å². The van der Waals surface area contributed by atoms with Gasteiger partial charge in [0.2, 0.25) is 16.9 Å². The first-order valence-electron chi connectivity index (χ1n) is 13.4. The van der Waals surface area contributed by atoms with Gasteiger partial charge in [0, 0.05) is 42.1 Å². The molecule has 0 bridgehead atoms. The number of hydrogen-bond acceptors (Lipinski definition) is 12. The molecule has 7 N–H and O–H groups in total. The zero-order valence-electron chi connectivity index (χ0n) is 22.9. The maximum absolute atomic E-state index is 13.7. The lowest BCUT2D eigenvalue weighted by Crippen LogP contribution is -2.58. The third-order valence-electron chi connectivity index (χ3n) is 8.75. The minimum Gasteiger partial charge on any atom is -0.507 e. The Morgan fingerprint density at radius 2 is 1.60 bits per heavy atom. The van der Waals surface area contributed by atoms with Crippen molar-refractivity contribution >= 4 is 22.7 Å². The molecule has 6 rings (SSSR count). The average molecular weight is 584 g/mol. The monoisotopic (exact) mass is 583 g/mol. The number of methoxy groups -OCH3 is 1. The van der Waals surface area contributed by atoms with Crippen LogP contribution in [0.3, 0.4) is 0 Å². The lowest BCUT2D eigenvalue weighted by molar-refractivity contribution is -0.0586. The molecule has 0 fully saturated rings. The lowest BCUT2D eigenvalue weighted by Gasteiger charge is -2.41. The van der Waals surface area contributed by atoms with E-state index in [1.54, 1.807) is 6.92 Å². The molecule has 0 spiro atoms. The van der Waals surface area contributed by atoms with Crippen LogP contribution in [-0.4, -0.2) is 78.3 Å². The number of rotatable bonds is 3. The molecule has 4 atom stereocenters. The van der Waals surface area contributed by atoms with Crippen molar-refractivity contribution in [2.45, 2.75) is 63.1 Å². The highest BCUT2D eigenvalue weighted by Gasteiger charge is 2.52. The minimum absolute atomic E-state index is 0.00627. The van der Waals surface area contributed by atoms with Crippen LogP contribution in [0.25, 0.3) is 22.1 Å². The van der Waals surface area contributed by atoms with Crippen molar-refractivity contribution < 1.29 is 54.5 Å². The van der Waals surface area contributed by atoms with Crippen molar-refractivity contribution in [2.75, 3.05) is 14.2 Å². The number of Topliss-reactive ketones (excluding diaryl/α,β-unsaturated/α-hetero) is 1. The van der Waals surface area contributed by atoms with Crippen molar-refractivity contribution in [1.82, 2.24) is 4.90 Å². The molecular weight excluding hydrogens is 554 g/mol. The molecule has 1 aliphatic heterocycles. The molecule has 13 nitrogen and oxygen atoms in total. The first-order valence-corrected chi connectivity index (χ1v) is 13.4. The Morgan fingerprint density at radius 3 is 2.24 bits per heavy atom. The molecule has 1 amide bonds. The van der Waals surface area contributed by atoms with E-state index in [1.807, 2.05) is 0 Å². The van der Waals surface area contributed by atoms with E-state index in [2.05, 4.69) is 0 Å². The summed E-state index contributed by atoms with van der Waals surface area (Å²) in [6.07, 6.45) is -4.71. The lowest BCUT2D eigenvalue weighted by atomic mass is 9.76. The van der Waals surface area contributed by atoms with Gasteiger partial charge in [-0.3, -0.25) is 14.4 Å². The summed E-state index contributed by atoms with van der Waals surface area (Å²) in [5.74, 6) is -4.39. The highest BCUT2D eigenvalue weighted by atomic mass is 16.5. The van der Waals surface area contributed by atoms with E-state index >= 15 is 0 Å². The van der Waals surface area contributed by atoms with Crippen molar-refractivity contribution in [2.24, 2.45) is 0 Å². The number of amides is 1. The normalized spacial score (nSPS) is 24.7. The number of likely N-dealkylation sites (N-methyl/N-ethyl adjacent to an activating group) is 1. The quantitative estimate of drug-likeness (QED) is 0.217. The van der Waals surface area contributed by atoms with Crippen molar-refractivity contribution in [3.63, 3.8) is 0 Å². The van der Waals surface area contributed by atoms with Gasteiger partial charge in [-0.05, 0) is 12.8 Å². The molecular formula is C29H29NO12. The molecule has 2 aliphatic carbocycles. The van der Waals surface area contributed by atoms with Gasteiger partial charge in [0.25, 0.3) is 5.91 Å². The number of aromatic hydroxyl groups is 3. The number of aliphatic hydroxyl groups excluding tert-OH is 3. The molecule has 222 valence electrons. The molecule has 2 heterocycles. The molecule has 0 saturated carbocycles. The van der Waals surface area contributed by atoms with Crippen LogP contribution in [0.4, 0.5) is 0 Å². The van der Waals surface area contributed by atoms with Crippen LogP contribution in [-0.2, 0) is 12.8 Å². The van der Waals surface area contributed by atoms with Crippen LogP contribution in [0, 0.1) is 0 Å². The first-order chi connectivity index (χ1) is 19.8. The summed E-state index contributed by atoms with van der Waals surface area (Å²) in [6.45, 7) is 1.70. The molecule has 0 radical (unpaired) electrons. The third kappa shape index (κ3) is 3.30. The van der Waals surface area contributed by atoms with E-state index in [1.165, 1.54) is 14.2 Å². The predicted octanol–water partition coefficient (Wildman–Crippen LogP) is 1.27. The van der Waals surface area contributed by atoms with Crippen LogP contribution in [0.5, 0.6) is 23.0 Å². The maximum Gasteiger partial charge on any atom is 0.260 e. The van der Waals surface area contributed by atoms with Crippen LogP contribution in [0.1, 0.15) is 81.6 Å². The largest absolute Gasteiger partial charge is 0.507 e. The van der Waals surface area contributed by atoms with Crippen molar-refractivity contribution in [1.29, 1.82) is 0 Å². The topological polar surface area (TPSA) is 218 Å². The highest BCUT2D eigenvalue weighted by Crippen LogP contribution is 2.56. The summed E-state index contributed by atoms with van der Waals surface area (Å²) in [5, 5.41) is 76.4. The number of aliphatic hydroxyl groups is 4.